The van der Waals surface area contributed by atoms with Gasteiger partial charge in [0, 0.05) is 31.7 Å². The van der Waals surface area contributed by atoms with Gasteiger partial charge in [0.05, 0.1) is 21.2 Å². The van der Waals surface area contributed by atoms with E-state index in [2.05, 4.69) is 4.57 Å². The zero-order valence-corrected chi connectivity index (χ0v) is 21.7. The average Bonchev–Trinajstić information content (AvgIpc) is 3.09. The van der Waals surface area contributed by atoms with E-state index in [1.165, 1.54) is 11.8 Å². The first kappa shape index (κ1) is 25.1. The van der Waals surface area contributed by atoms with Crippen molar-refractivity contribution >= 4 is 38.7 Å². The van der Waals surface area contributed by atoms with Gasteiger partial charge in [-0.3, -0.25) is 4.79 Å². The number of aryl methyl sites for hydroxylation is 1. The molecular formula is C23H36N4O3S2. The fourth-order valence-electron chi connectivity index (χ4n) is 4.42. The monoisotopic (exact) mass is 480 g/mol. The van der Waals surface area contributed by atoms with Gasteiger partial charge in [-0.2, -0.15) is 4.31 Å². The number of thioether (sulfide) groups is 1. The van der Waals surface area contributed by atoms with Crippen molar-refractivity contribution in [2.75, 3.05) is 13.1 Å². The van der Waals surface area contributed by atoms with Gasteiger partial charge in [-0.15, -0.1) is 0 Å². The zero-order valence-electron chi connectivity index (χ0n) is 20.0. The van der Waals surface area contributed by atoms with Crippen molar-refractivity contribution in [2.45, 2.75) is 94.7 Å². The molecule has 0 radical (unpaired) electrons. The number of carbonyl (C=O) groups is 1. The summed E-state index contributed by atoms with van der Waals surface area (Å²) >= 11 is 1.43. The molecule has 7 nitrogen and oxygen atoms in total. The smallest absolute Gasteiger partial charge is 0.243 e. The molecule has 0 spiro atoms. The van der Waals surface area contributed by atoms with E-state index in [-0.39, 0.29) is 23.2 Å². The van der Waals surface area contributed by atoms with E-state index in [1.54, 1.807) is 16.4 Å². The van der Waals surface area contributed by atoms with E-state index in [1.807, 2.05) is 52.5 Å². The van der Waals surface area contributed by atoms with Crippen molar-refractivity contribution in [3.8, 4) is 0 Å². The molecule has 0 saturated carbocycles. The number of sulfonamides is 1. The molecule has 1 fully saturated rings. The molecule has 1 unspecified atom stereocenters. The van der Waals surface area contributed by atoms with E-state index in [0.717, 1.165) is 29.9 Å². The predicted molar refractivity (Wildman–Crippen MR) is 130 cm³/mol. The number of amides is 1. The molecule has 178 valence electrons. The molecule has 1 aliphatic heterocycles. The molecule has 0 bridgehead atoms. The van der Waals surface area contributed by atoms with E-state index >= 15 is 0 Å². The summed E-state index contributed by atoms with van der Waals surface area (Å²) in [6.07, 6.45) is 2.89. The highest BCUT2D eigenvalue weighted by molar-refractivity contribution is 8.00. The normalized spacial score (nSPS) is 16.8. The lowest BCUT2D eigenvalue weighted by molar-refractivity contribution is -0.133. The van der Waals surface area contributed by atoms with Crippen molar-refractivity contribution in [3.63, 3.8) is 0 Å². The van der Waals surface area contributed by atoms with Crippen LogP contribution in [0.5, 0.6) is 0 Å². The Balaban J connectivity index is 1.91. The second-order valence-electron chi connectivity index (χ2n) is 8.95. The molecule has 9 heteroatoms. The fourth-order valence-corrected chi connectivity index (χ4v) is 7.00. The highest BCUT2D eigenvalue weighted by Crippen LogP contribution is 2.31. The number of hydrogen-bond acceptors (Lipinski definition) is 5. The third kappa shape index (κ3) is 4.99. The molecule has 1 atom stereocenters. The number of hydrogen-bond donors (Lipinski definition) is 0. The van der Waals surface area contributed by atoms with E-state index in [4.69, 9.17) is 4.98 Å². The Morgan fingerprint density at radius 1 is 1.09 bits per heavy atom. The van der Waals surface area contributed by atoms with Gasteiger partial charge in [0.15, 0.2) is 5.16 Å². The molecule has 1 saturated heterocycles. The zero-order chi connectivity index (χ0) is 23.6. The predicted octanol–water partition coefficient (Wildman–Crippen LogP) is 4.36. The summed E-state index contributed by atoms with van der Waals surface area (Å²) in [5, 5.41) is 0.446. The number of nitrogens with zero attached hydrogens (tertiary/aromatic N) is 4. The third-order valence-corrected chi connectivity index (χ3v) is 8.92. The summed E-state index contributed by atoms with van der Waals surface area (Å²) < 4.78 is 29.8. The van der Waals surface area contributed by atoms with Crippen LogP contribution < -0.4 is 0 Å². The maximum absolute atomic E-state index is 13.1. The van der Waals surface area contributed by atoms with Crippen LogP contribution in [0.2, 0.25) is 0 Å². The van der Waals surface area contributed by atoms with Crippen molar-refractivity contribution in [3.05, 3.63) is 18.2 Å². The van der Waals surface area contributed by atoms with Crippen LogP contribution in [0.25, 0.3) is 11.0 Å². The molecule has 1 aromatic carbocycles. The summed E-state index contributed by atoms with van der Waals surface area (Å²) in [6, 6.07) is 5.45. The molecule has 32 heavy (non-hydrogen) atoms. The van der Waals surface area contributed by atoms with Crippen LogP contribution in [-0.2, 0) is 21.4 Å². The minimum atomic E-state index is -3.51. The minimum Gasteiger partial charge on any atom is -0.337 e. The van der Waals surface area contributed by atoms with Gasteiger partial charge < -0.3 is 9.47 Å². The summed E-state index contributed by atoms with van der Waals surface area (Å²) in [4.78, 5) is 20.0. The van der Waals surface area contributed by atoms with Crippen molar-refractivity contribution in [2.24, 2.45) is 0 Å². The maximum Gasteiger partial charge on any atom is 0.243 e. The van der Waals surface area contributed by atoms with Gasteiger partial charge in [-0.05, 0) is 72.6 Å². The second-order valence-corrected chi connectivity index (χ2v) is 12.2. The van der Waals surface area contributed by atoms with E-state index in [0.29, 0.717) is 30.0 Å². The fraction of sp³-hybridized carbons (Fsp3) is 0.652. The largest absolute Gasteiger partial charge is 0.337 e. The topological polar surface area (TPSA) is 75.5 Å². The SMILES string of the molecule is CCn1c(SC(C)C(=O)N(C(C)C)C(C)C)nc2cc(S(=O)(=O)N3CCCCC3)ccc21. The molecule has 1 aromatic heterocycles. The van der Waals surface area contributed by atoms with Crippen molar-refractivity contribution in [1.82, 2.24) is 18.8 Å². The molecular weight excluding hydrogens is 444 g/mol. The van der Waals surface area contributed by atoms with Gasteiger partial charge in [0.1, 0.15) is 0 Å². The van der Waals surface area contributed by atoms with E-state index in [9.17, 15) is 13.2 Å². The Morgan fingerprint density at radius 2 is 1.72 bits per heavy atom. The van der Waals surface area contributed by atoms with Crippen molar-refractivity contribution in [1.29, 1.82) is 0 Å². The molecule has 2 aromatic rings. The van der Waals surface area contributed by atoms with Gasteiger partial charge in [0.25, 0.3) is 0 Å². The second kappa shape index (κ2) is 10.1. The van der Waals surface area contributed by atoms with Crippen LogP contribution in [-0.4, -0.2) is 63.5 Å². The molecule has 3 rings (SSSR count). The Hall–Kier alpha value is -1.58. The van der Waals surface area contributed by atoms with E-state index < -0.39 is 10.0 Å². The highest BCUT2D eigenvalue weighted by Gasteiger charge is 2.29. The number of rotatable bonds is 8. The first-order valence-corrected chi connectivity index (χ1v) is 13.9. The van der Waals surface area contributed by atoms with Crippen molar-refractivity contribution < 1.29 is 13.2 Å². The summed E-state index contributed by atoms with van der Waals surface area (Å²) in [6.45, 7) is 13.9. The lowest BCUT2D eigenvalue weighted by atomic mass is 10.2. The Bertz CT molecular complexity index is 1050. The van der Waals surface area contributed by atoms with Gasteiger partial charge in [-0.25, -0.2) is 13.4 Å². The van der Waals surface area contributed by atoms with Gasteiger partial charge in [-0.1, -0.05) is 18.2 Å². The Labute approximate surface area is 196 Å². The summed E-state index contributed by atoms with van der Waals surface area (Å²) in [5.74, 6) is 0.0862. The number of imidazole rings is 1. The Morgan fingerprint density at radius 3 is 2.28 bits per heavy atom. The van der Waals surface area contributed by atoms with Gasteiger partial charge in [0.2, 0.25) is 15.9 Å². The van der Waals surface area contributed by atoms with Crippen LogP contribution in [0.15, 0.2) is 28.3 Å². The quantitative estimate of drug-likeness (QED) is 0.525. The van der Waals surface area contributed by atoms with Crippen LogP contribution in [0.4, 0.5) is 0 Å². The minimum absolute atomic E-state index is 0.0862. The highest BCUT2D eigenvalue weighted by atomic mass is 32.2. The molecule has 1 amide bonds. The number of benzene rings is 1. The van der Waals surface area contributed by atoms with Crippen LogP contribution in [0.3, 0.4) is 0 Å². The van der Waals surface area contributed by atoms with Crippen LogP contribution in [0, 0.1) is 0 Å². The lowest BCUT2D eigenvalue weighted by Crippen LogP contribution is -2.45. The number of fused-ring (bicyclic) bond motifs is 1. The number of carbonyl (C=O) groups excluding carboxylic acids is 1. The summed E-state index contributed by atoms with van der Waals surface area (Å²) in [7, 11) is -3.51. The first-order chi connectivity index (χ1) is 15.1. The molecule has 0 aliphatic carbocycles. The van der Waals surface area contributed by atoms with Gasteiger partial charge >= 0.3 is 0 Å². The average molecular weight is 481 g/mol. The van der Waals surface area contributed by atoms with Crippen LogP contribution >= 0.6 is 11.8 Å². The first-order valence-electron chi connectivity index (χ1n) is 11.6. The summed E-state index contributed by atoms with van der Waals surface area (Å²) in [5.41, 5.74) is 1.54. The number of piperidine rings is 1. The van der Waals surface area contributed by atoms with Crippen LogP contribution in [0.1, 0.15) is 60.8 Å². The molecule has 0 N–H and O–H groups in total. The maximum atomic E-state index is 13.1. The number of aromatic nitrogens is 2. The molecule has 2 heterocycles. The third-order valence-electron chi connectivity index (χ3n) is 5.95. The molecule has 1 aliphatic rings. The lowest BCUT2D eigenvalue weighted by Gasteiger charge is -2.32. The standard InChI is InChI=1S/C23H36N4O3S2/c1-7-26-21-12-11-19(32(29,30)25-13-9-8-10-14-25)15-20(21)24-23(26)31-18(6)22(28)27(16(2)3)17(4)5/h11-12,15-18H,7-10,13-14H2,1-6H3. The Kier molecular flexibility index (Phi) is 7.93.